The van der Waals surface area contributed by atoms with Crippen LogP contribution in [0.2, 0.25) is 5.02 Å². The second-order valence-corrected chi connectivity index (χ2v) is 9.10. The van der Waals surface area contributed by atoms with E-state index in [4.69, 9.17) is 21.1 Å². The lowest BCUT2D eigenvalue weighted by Gasteiger charge is -2.20. The van der Waals surface area contributed by atoms with Gasteiger partial charge in [-0.2, -0.15) is 0 Å². The van der Waals surface area contributed by atoms with Crippen LogP contribution in [-0.4, -0.2) is 53.5 Å². The molecule has 2 aliphatic rings. The van der Waals surface area contributed by atoms with E-state index < -0.39 is 5.25 Å². The number of hydrogen-bond donors (Lipinski definition) is 1. The van der Waals surface area contributed by atoms with E-state index in [9.17, 15) is 9.59 Å². The van der Waals surface area contributed by atoms with Gasteiger partial charge in [-0.25, -0.2) is 4.99 Å². The van der Waals surface area contributed by atoms with Crippen molar-refractivity contribution >= 4 is 51.7 Å². The lowest BCUT2D eigenvalue weighted by atomic mass is 10.2. The number of hydrogen-bond acceptors (Lipinski definition) is 6. The molecule has 9 heteroatoms. The standard InChI is InChI=1S/C23H24ClN3O4S/c1-30-19-10-9-16(12-18(19)24)25-21(28)13-20-22(29)27(14-17-8-5-11-31-17)23(32-20)26-15-6-3-2-4-7-15/h2-4,6-7,9-10,12,17,20H,5,8,11,13-14H2,1H3,(H,25,28). The molecular formula is C23H24ClN3O4S. The number of methoxy groups -OCH3 is 1. The molecule has 2 heterocycles. The predicted molar refractivity (Wildman–Crippen MR) is 127 cm³/mol. The highest BCUT2D eigenvalue weighted by molar-refractivity contribution is 8.15. The summed E-state index contributed by atoms with van der Waals surface area (Å²) in [6, 6.07) is 14.5. The van der Waals surface area contributed by atoms with Crippen molar-refractivity contribution in [2.24, 2.45) is 4.99 Å². The number of amides is 2. The summed E-state index contributed by atoms with van der Waals surface area (Å²) in [5.41, 5.74) is 1.31. The van der Waals surface area contributed by atoms with Crippen molar-refractivity contribution in [1.82, 2.24) is 4.90 Å². The molecule has 0 bridgehead atoms. The van der Waals surface area contributed by atoms with Gasteiger partial charge in [0.05, 0.1) is 30.5 Å². The number of ether oxygens (including phenoxy) is 2. The fourth-order valence-electron chi connectivity index (χ4n) is 3.62. The molecule has 0 spiro atoms. The fraction of sp³-hybridized carbons (Fsp3) is 0.348. The summed E-state index contributed by atoms with van der Waals surface area (Å²) in [7, 11) is 1.53. The summed E-state index contributed by atoms with van der Waals surface area (Å²) in [5.74, 6) is 0.135. The first-order valence-corrected chi connectivity index (χ1v) is 11.7. The third-order valence-electron chi connectivity index (χ3n) is 5.22. The average molecular weight is 474 g/mol. The molecule has 2 aliphatic heterocycles. The first-order valence-electron chi connectivity index (χ1n) is 10.4. The Labute approximate surface area is 196 Å². The molecule has 0 aromatic heterocycles. The van der Waals surface area contributed by atoms with Crippen LogP contribution in [0.5, 0.6) is 5.75 Å². The predicted octanol–water partition coefficient (Wildman–Crippen LogP) is 4.49. The monoisotopic (exact) mass is 473 g/mol. The SMILES string of the molecule is COc1ccc(NC(=O)CC2SC(=Nc3ccccc3)N(CC3CCCO3)C2=O)cc1Cl. The molecular weight excluding hydrogens is 450 g/mol. The molecule has 7 nitrogen and oxygen atoms in total. The number of nitrogens with zero attached hydrogens (tertiary/aromatic N) is 2. The number of para-hydroxylation sites is 1. The molecule has 0 aliphatic carbocycles. The zero-order valence-corrected chi connectivity index (χ0v) is 19.2. The Balaban J connectivity index is 1.47. The van der Waals surface area contributed by atoms with Crippen LogP contribution in [0, 0.1) is 0 Å². The van der Waals surface area contributed by atoms with Crippen molar-refractivity contribution in [3.8, 4) is 5.75 Å². The quantitative estimate of drug-likeness (QED) is 0.641. The molecule has 2 saturated heterocycles. The van der Waals surface area contributed by atoms with Gasteiger partial charge in [0.2, 0.25) is 11.8 Å². The summed E-state index contributed by atoms with van der Waals surface area (Å²) in [6.45, 7) is 1.16. The number of amidine groups is 1. The second-order valence-electron chi connectivity index (χ2n) is 7.52. The van der Waals surface area contributed by atoms with Crippen LogP contribution in [0.1, 0.15) is 19.3 Å². The minimum Gasteiger partial charge on any atom is -0.495 e. The van der Waals surface area contributed by atoms with Gasteiger partial charge in [0.15, 0.2) is 5.17 Å². The Bertz CT molecular complexity index is 1010. The van der Waals surface area contributed by atoms with Crippen molar-refractivity contribution in [2.75, 3.05) is 25.6 Å². The van der Waals surface area contributed by atoms with Gasteiger partial charge in [-0.05, 0) is 43.2 Å². The second kappa shape index (κ2) is 10.4. The molecule has 2 unspecified atom stereocenters. The molecule has 2 atom stereocenters. The summed E-state index contributed by atoms with van der Waals surface area (Å²) >= 11 is 7.45. The molecule has 2 fully saturated rings. The van der Waals surface area contributed by atoms with Gasteiger partial charge in [0.25, 0.3) is 0 Å². The number of carbonyl (C=O) groups excluding carboxylic acids is 2. The first-order chi connectivity index (χ1) is 15.5. The van der Waals surface area contributed by atoms with E-state index >= 15 is 0 Å². The number of benzene rings is 2. The zero-order chi connectivity index (χ0) is 22.5. The van der Waals surface area contributed by atoms with Crippen LogP contribution in [-0.2, 0) is 14.3 Å². The normalized spacial score (nSPS) is 21.9. The van der Waals surface area contributed by atoms with E-state index in [2.05, 4.69) is 10.3 Å². The number of carbonyl (C=O) groups is 2. The first kappa shape index (κ1) is 22.6. The molecule has 4 rings (SSSR count). The van der Waals surface area contributed by atoms with Gasteiger partial charge >= 0.3 is 0 Å². The van der Waals surface area contributed by atoms with Crippen LogP contribution < -0.4 is 10.1 Å². The largest absolute Gasteiger partial charge is 0.495 e. The molecule has 2 aromatic carbocycles. The van der Waals surface area contributed by atoms with Gasteiger partial charge in [-0.1, -0.05) is 41.6 Å². The van der Waals surface area contributed by atoms with Crippen molar-refractivity contribution in [2.45, 2.75) is 30.6 Å². The van der Waals surface area contributed by atoms with Crippen LogP contribution >= 0.6 is 23.4 Å². The Morgan fingerprint density at radius 2 is 2.12 bits per heavy atom. The lowest BCUT2D eigenvalue weighted by molar-refractivity contribution is -0.129. The van der Waals surface area contributed by atoms with E-state index in [1.54, 1.807) is 23.1 Å². The lowest BCUT2D eigenvalue weighted by Crippen LogP contribution is -2.38. The number of anilines is 1. The maximum absolute atomic E-state index is 13.2. The fourth-order valence-corrected chi connectivity index (χ4v) is 5.05. The molecule has 0 saturated carbocycles. The van der Waals surface area contributed by atoms with Gasteiger partial charge in [-0.15, -0.1) is 0 Å². The number of halogens is 1. The minimum absolute atomic E-state index is 0.00505. The summed E-state index contributed by atoms with van der Waals surface area (Å²) in [4.78, 5) is 32.2. The molecule has 32 heavy (non-hydrogen) atoms. The summed E-state index contributed by atoms with van der Waals surface area (Å²) in [5, 5.41) is 3.26. The Kier molecular flexibility index (Phi) is 7.34. The van der Waals surface area contributed by atoms with Crippen LogP contribution in [0.3, 0.4) is 0 Å². The zero-order valence-electron chi connectivity index (χ0n) is 17.6. The Morgan fingerprint density at radius 3 is 2.81 bits per heavy atom. The molecule has 2 aromatic rings. The van der Waals surface area contributed by atoms with Crippen LogP contribution in [0.15, 0.2) is 53.5 Å². The molecule has 1 N–H and O–H groups in total. The van der Waals surface area contributed by atoms with Crippen LogP contribution in [0.25, 0.3) is 0 Å². The summed E-state index contributed by atoms with van der Waals surface area (Å²) < 4.78 is 10.9. The highest BCUT2D eigenvalue weighted by Gasteiger charge is 2.40. The van der Waals surface area contributed by atoms with Gasteiger partial charge in [-0.3, -0.25) is 14.5 Å². The molecule has 0 radical (unpaired) electrons. The summed E-state index contributed by atoms with van der Waals surface area (Å²) in [6.07, 6.45) is 1.93. The van der Waals surface area contributed by atoms with Crippen molar-refractivity contribution in [1.29, 1.82) is 0 Å². The third kappa shape index (κ3) is 5.43. The highest BCUT2D eigenvalue weighted by Crippen LogP contribution is 2.33. The number of aliphatic imine (C=N–C) groups is 1. The topological polar surface area (TPSA) is 80.2 Å². The van der Waals surface area contributed by atoms with E-state index in [1.165, 1.54) is 18.9 Å². The average Bonchev–Trinajstić information content (AvgIpc) is 3.39. The smallest absolute Gasteiger partial charge is 0.242 e. The van der Waals surface area contributed by atoms with Crippen molar-refractivity contribution < 1.29 is 19.1 Å². The molecule has 2 amide bonds. The van der Waals surface area contributed by atoms with E-state index in [0.717, 1.165) is 18.5 Å². The Hall–Kier alpha value is -2.55. The number of rotatable bonds is 7. The number of nitrogens with one attached hydrogen (secondary N) is 1. The van der Waals surface area contributed by atoms with Crippen molar-refractivity contribution in [3.63, 3.8) is 0 Å². The van der Waals surface area contributed by atoms with Crippen LogP contribution in [0.4, 0.5) is 11.4 Å². The van der Waals surface area contributed by atoms with Gasteiger partial charge in [0, 0.05) is 18.7 Å². The van der Waals surface area contributed by atoms with E-state index in [0.29, 0.717) is 34.8 Å². The highest BCUT2D eigenvalue weighted by atomic mass is 35.5. The third-order valence-corrected chi connectivity index (χ3v) is 6.69. The maximum Gasteiger partial charge on any atom is 0.242 e. The van der Waals surface area contributed by atoms with Gasteiger partial charge in [0.1, 0.15) is 11.0 Å². The van der Waals surface area contributed by atoms with Gasteiger partial charge < -0.3 is 14.8 Å². The minimum atomic E-state index is -0.549. The van der Waals surface area contributed by atoms with E-state index in [1.807, 2.05) is 30.3 Å². The molecule has 168 valence electrons. The van der Waals surface area contributed by atoms with E-state index in [-0.39, 0.29) is 24.3 Å². The Morgan fingerprint density at radius 1 is 1.31 bits per heavy atom. The van der Waals surface area contributed by atoms with Crippen molar-refractivity contribution in [3.05, 3.63) is 53.6 Å². The number of thioether (sulfide) groups is 1. The maximum atomic E-state index is 13.2.